The molecule has 0 fully saturated rings. The molecule has 0 saturated heterocycles. The number of H-pyrrole nitrogens is 1. The second-order valence-corrected chi connectivity index (χ2v) is 8.57. The molecule has 0 atom stereocenters. The maximum absolute atomic E-state index is 15.2. The SMILES string of the molecule is COc1cc(F)c(-c2[nH]c(C)c(C(=O)Nc3cccc(C(F)(F)F)c3)[n+]2[O-])cc1-c1c(C)cccc1C. The van der Waals surface area contributed by atoms with Gasteiger partial charge in [-0.3, -0.25) is 4.79 Å². The van der Waals surface area contributed by atoms with Gasteiger partial charge in [0, 0.05) is 24.2 Å². The zero-order valence-electron chi connectivity index (χ0n) is 20.4. The molecule has 0 bridgehead atoms. The van der Waals surface area contributed by atoms with Gasteiger partial charge in [0.2, 0.25) is 5.69 Å². The molecule has 0 spiro atoms. The van der Waals surface area contributed by atoms with Crippen molar-refractivity contribution in [3.63, 3.8) is 0 Å². The third-order valence-electron chi connectivity index (χ3n) is 6.02. The van der Waals surface area contributed by atoms with Crippen molar-refractivity contribution in [3.8, 4) is 28.3 Å². The smallest absolute Gasteiger partial charge is 0.416 e. The van der Waals surface area contributed by atoms with Crippen LogP contribution in [0.2, 0.25) is 0 Å². The van der Waals surface area contributed by atoms with Crippen LogP contribution in [0.15, 0.2) is 54.6 Å². The highest BCUT2D eigenvalue weighted by molar-refractivity contribution is 6.02. The molecule has 3 aromatic carbocycles. The lowest BCUT2D eigenvalue weighted by Crippen LogP contribution is -2.36. The third-order valence-corrected chi connectivity index (χ3v) is 6.02. The van der Waals surface area contributed by atoms with Crippen molar-refractivity contribution in [1.82, 2.24) is 4.98 Å². The fourth-order valence-electron chi connectivity index (χ4n) is 4.29. The van der Waals surface area contributed by atoms with E-state index in [4.69, 9.17) is 4.74 Å². The second kappa shape index (κ2) is 9.61. The number of rotatable bonds is 5. The van der Waals surface area contributed by atoms with Crippen LogP contribution < -0.4 is 14.8 Å². The van der Waals surface area contributed by atoms with Crippen LogP contribution in [0.25, 0.3) is 22.5 Å². The number of hydrogen-bond donors (Lipinski definition) is 2. The number of amides is 1. The second-order valence-electron chi connectivity index (χ2n) is 8.57. The standard InChI is InChI=1S/C27H23F4N3O3/c1-14-7-5-8-15(2)23(14)20-12-19(21(28)13-22(20)37-4)25-32-16(3)24(34(25)36)26(35)33-18-10-6-9-17(11-18)27(29,30)31/h5-13,32H,1-4H3,(H,33,35). The Morgan fingerprint density at radius 1 is 1.00 bits per heavy atom. The van der Waals surface area contributed by atoms with E-state index in [0.29, 0.717) is 5.56 Å². The van der Waals surface area contributed by atoms with E-state index in [1.165, 1.54) is 26.2 Å². The van der Waals surface area contributed by atoms with Crippen LogP contribution in [0.5, 0.6) is 5.75 Å². The lowest BCUT2D eigenvalue weighted by molar-refractivity contribution is -0.594. The molecule has 37 heavy (non-hydrogen) atoms. The van der Waals surface area contributed by atoms with Gasteiger partial charge >= 0.3 is 6.18 Å². The van der Waals surface area contributed by atoms with Crippen LogP contribution >= 0.6 is 0 Å². The molecule has 0 aliphatic carbocycles. The van der Waals surface area contributed by atoms with Gasteiger partial charge in [-0.25, -0.2) is 14.1 Å². The monoisotopic (exact) mass is 513 g/mol. The molecule has 1 heterocycles. The van der Waals surface area contributed by atoms with Gasteiger partial charge in [0.1, 0.15) is 17.1 Å². The molecule has 0 unspecified atom stereocenters. The van der Waals surface area contributed by atoms with E-state index in [1.807, 2.05) is 32.0 Å². The number of carbonyl (C=O) groups is 1. The first-order valence-electron chi connectivity index (χ1n) is 11.2. The normalized spacial score (nSPS) is 11.5. The molecule has 0 saturated carbocycles. The highest BCUT2D eigenvalue weighted by Crippen LogP contribution is 2.38. The average molecular weight is 513 g/mol. The number of nitrogens with one attached hydrogen (secondary N) is 2. The molecule has 192 valence electrons. The summed E-state index contributed by atoms with van der Waals surface area (Å²) in [4.78, 5) is 15.6. The molecule has 0 radical (unpaired) electrons. The van der Waals surface area contributed by atoms with Crippen molar-refractivity contribution in [2.45, 2.75) is 26.9 Å². The minimum absolute atomic E-state index is 0.102. The molecule has 0 aliphatic heterocycles. The molecule has 6 nitrogen and oxygen atoms in total. The number of aromatic amines is 1. The number of anilines is 1. The van der Waals surface area contributed by atoms with Crippen molar-refractivity contribution < 1.29 is 31.8 Å². The summed E-state index contributed by atoms with van der Waals surface area (Å²) < 4.78 is 59.9. The van der Waals surface area contributed by atoms with Crippen LogP contribution in [0.3, 0.4) is 0 Å². The minimum atomic E-state index is -4.60. The van der Waals surface area contributed by atoms with Crippen LogP contribution in [0.1, 0.15) is 32.9 Å². The first-order chi connectivity index (χ1) is 17.4. The summed E-state index contributed by atoms with van der Waals surface area (Å²) in [5.41, 5.74) is 1.69. The number of carbonyl (C=O) groups excluding carboxylic acids is 1. The molecule has 4 aromatic rings. The first kappa shape index (κ1) is 25.7. The van der Waals surface area contributed by atoms with Crippen molar-refractivity contribution in [1.29, 1.82) is 0 Å². The summed E-state index contributed by atoms with van der Waals surface area (Å²) >= 11 is 0. The van der Waals surface area contributed by atoms with Crippen LogP contribution in [0, 0.1) is 31.8 Å². The predicted octanol–water partition coefficient (Wildman–Crippen LogP) is 6.33. The average Bonchev–Trinajstić information content (AvgIpc) is 3.12. The number of nitrogens with zero attached hydrogens (tertiary/aromatic N) is 1. The van der Waals surface area contributed by atoms with Gasteiger partial charge in [0.25, 0.3) is 11.7 Å². The quantitative estimate of drug-likeness (QED) is 0.186. The van der Waals surface area contributed by atoms with Crippen molar-refractivity contribution in [2.75, 3.05) is 12.4 Å². The highest BCUT2D eigenvalue weighted by atomic mass is 19.4. The van der Waals surface area contributed by atoms with Gasteiger partial charge in [-0.1, -0.05) is 24.3 Å². The fourth-order valence-corrected chi connectivity index (χ4v) is 4.29. The van der Waals surface area contributed by atoms with Crippen LogP contribution in [0.4, 0.5) is 23.2 Å². The Balaban J connectivity index is 1.78. The van der Waals surface area contributed by atoms with Crippen molar-refractivity contribution in [3.05, 3.63) is 93.7 Å². The Kier molecular flexibility index (Phi) is 6.68. The summed E-state index contributed by atoms with van der Waals surface area (Å²) in [5, 5.41) is 15.5. The van der Waals surface area contributed by atoms with Crippen molar-refractivity contribution >= 4 is 11.6 Å². The van der Waals surface area contributed by atoms with Crippen molar-refractivity contribution in [2.24, 2.45) is 0 Å². The number of hydrogen-bond acceptors (Lipinski definition) is 3. The van der Waals surface area contributed by atoms with Gasteiger partial charge in [0.05, 0.1) is 12.7 Å². The van der Waals surface area contributed by atoms with Gasteiger partial charge < -0.3 is 15.3 Å². The van der Waals surface area contributed by atoms with E-state index in [9.17, 15) is 23.2 Å². The topological polar surface area (TPSA) is 81.1 Å². The molecular weight excluding hydrogens is 490 g/mol. The maximum atomic E-state index is 15.2. The van der Waals surface area contributed by atoms with Gasteiger partial charge in [-0.15, -0.1) is 0 Å². The largest absolute Gasteiger partial charge is 0.710 e. The Labute approximate surface area is 210 Å². The van der Waals surface area contributed by atoms with E-state index in [-0.39, 0.29) is 33.2 Å². The van der Waals surface area contributed by atoms with E-state index < -0.39 is 29.2 Å². The van der Waals surface area contributed by atoms with Gasteiger partial charge in [-0.2, -0.15) is 13.2 Å². The summed E-state index contributed by atoms with van der Waals surface area (Å²) in [6.07, 6.45) is -4.60. The Morgan fingerprint density at radius 3 is 2.27 bits per heavy atom. The number of benzene rings is 3. The number of imidazole rings is 1. The van der Waals surface area contributed by atoms with Gasteiger partial charge in [-0.05, 0) is 54.8 Å². The number of ether oxygens (including phenoxy) is 1. The molecule has 2 N–H and O–H groups in total. The lowest BCUT2D eigenvalue weighted by atomic mass is 9.93. The number of aromatic nitrogens is 2. The zero-order chi connectivity index (χ0) is 27.1. The minimum Gasteiger partial charge on any atom is -0.710 e. The van der Waals surface area contributed by atoms with Gasteiger partial charge in [0.15, 0.2) is 5.69 Å². The summed E-state index contributed by atoms with van der Waals surface area (Å²) in [6.45, 7) is 5.23. The van der Waals surface area contributed by atoms with Crippen LogP contribution in [-0.4, -0.2) is 18.0 Å². The summed E-state index contributed by atoms with van der Waals surface area (Å²) in [7, 11) is 1.41. The highest BCUT2D eigenvalue weighted by Gasteiger charge is 2.32. The predicted molar refractivity (Wildman–Crippen MR) is 131 cm³/mol. The van der Waals surface area contributed by atoms with E-state index in [1.54, 1.807) is 0 Å². The van der Waals surface area contributed by atoms with E-state index in [0.717, 1.165) is 41.0 Å². The Morgan fingerprint density at radius 2 is 1.65 bits per heavy atom. The third kappa shape index (κ3) is 4.87. The number of alkyl halides is 3. The van der Waals surface area contributed by atoms with Crippen LogP contribution in [-0.2, 0) is 6.18 Å². The summed E-state index contributed by atoms with van der Waals surface area (Å²) in [6, 6.07) is 12.3. The molecular formula is C27H23F4N3O3. The number of halogens is 4. The number of aryl methyl sites for hydroxylation is 3. The number of methoxy groups -OCH3 is 1. The Bertz CT molecular complexity index is 1490. The fraction of sp³-hybridized carbons (Fsp3) is 0.185. The maximum Gasteiger partial charge on any atom is 0.416 e. The van der Waals surface area contributed by atoms with E-state index >= 15 is 4.39 Å². The van der Waals surface area contributed by atoms with E-state index in [2.05, 4.69) is 10.3 Å². The molecule has 1 amide bonds. The Hall–Kier alpha value is -4.34. The summed E-state index contributed by atoms with van der Waals surface area (Å²) in [5.74, 6) is -1.68. The molecule has 4 rings (SSSR count). The molecule has 1 aromatic heterocycles. The molecule has 10 heteroatoms. The first-order valence-corrected chi connectivity index (χ1v) is 11.2. The molecule has 0 aliphatic rings. The zero-order valence-corrected chi connectivity index (χ0v) is 20.4. The lowest BCUT2D eigenvalue weighted by Gasteiger charge is -2.16.